The largest absolute Gasteiger partial charge is 0.317 e. The van der Waals surface area contributed by atoms with E-state index in [2.05, 4.69) is 31.4 Å². The average Bonchev–Trinajstić information content (AvgIpc) is 2.24. The van der Waals surface area contributed by atoms with Gasteiger partial charge in [0.25, 0.3) is 0 Å². The lowest BCUT2D eigenvalue weighted by Crippen LogP contribution is -2.26. The van der Waals surface area contributed by atoms with E-state index in [1.165, 1.54) is 38.6 Å². The third-order valence-corrected chi connectivity index (χ3v) is 2.78. The van der Waals surface area contributed by atoms with Crippen molar-refractivity contribution in [2.75, 3.05) is 26.2 Å². The van der Waals surface area contributed by atoms with E-state index in [4.69, 9.17) is 0 Å². The van der Waals surface area contributed by atoms with Crippen LogP contribution in [0.25, 0.3) is 0 Å². The van der Waals surface area contributed by atoms with Crippen molar-refractivity contribution < 1.29 is 0 Å². The van der Waals surface area contributed by atoms with Crippen LogP contribution in [0.2, 0.25) is 0 Å². The van der Waals surface area contributed by atoms with Crippen molar-refractivity contribution in [2.45, 2.75) is 52.9 Å². The topological polar surface area (TPSA) is 24.1 Å². The van der Waals surface area contributed by atoms with Gasteiger partial charge in [0.1, 0.15) is 0 Å². The molecule has 0 rings (SSSR count). The van der Waals surface area contributed by atoms with Gasteiger partial charge < -0.3 is 10.6 Å². The Kier molecular flexibility index (Phi) is 11.9. The predicted molar refractivity (Wildman–Crippen MR) is 69.3 cm³/mol. The van der Waals surface area contributed by atoms with Crippen molar-refractivity contribution in [2.24, 2.45) is 5.92 Å². The Morgan fingerprint density at radius 1 is 0.867 bits per heavy atom. The van der Waals surface area contributed by atoms with Gasteiger partial charge >= 0.3 is 0 Å². The fraction of sp³-hybridized carbons (Fsp3) is 1.00. The molecule has 0 heterocycles. The smallest absolute Gasteiger partial charge is 0.00205 e. The van der Waals surface area contributed by atoms with Gasteiger partial charge in [-0.3, -0.25) is 0 Å². The molecule has 0 aromatic rings. The molecular weight excluding hydrogens is 184 g/mol. The average molecular weight is 214 g/mol. The van der Waals surface area contributed by atoms with E-state index < -0.39 is 0 Å². The van der Waals surface area contributed by atoms with Gasteiger partial charge in [-0.05, 0) is 51.4 Å². The molecule has 92 valence electrons. The second-order valence-corrected chi connectivity index (χ2v) is 4.35. The van der Waals surface area contributed by atoms with Crippen LogP contribution < -0.4 is 10.6 Å². The summed E-state index contributed by atoms with van der Waals surface area (Å²) in [5, 5.41) is 6.92. The zero-order valence-electron chi connectivity index (χ0n) is 10.9. The molecule has 0 atom stereocenters. The first-order chi connectivity index (χ1) is 7.35. The van der Waals surface area contributed by atoms with Gasteiger partial charge in [0, 0.05) is 0 Å². The predicted octanol–water partition coefficient (Wildman–Crippen LogP) is 2.79. The van der Waals surface area contributed by atoms with Crippen LogP contribution in [0.3, 0.4) is 0 Å². The molecule has 0 fully saturated rings. The first-order valence-electron chi connectivity index (χ1n) is 6.76. The maximum absolute atomic E-state index is 3.57. The number of rotatable bonds is 11. The second-order valence-electron chi connectivity index (χ2n) is 4.35. The van der Waals surface area contributed by atoms with Crippen LogP contribution in [-0.2, 0) is 0 Å². The zero-order valence-corrected chi connectivity index (χ0v) is 10.9. The van der Waals surface area contributed by atoms with Gasteiger partial charge in [0.05, 0.1) is 0 Å². The molecule has 0 amide bonds. The molecule has 2 nitrogen and oxygen atoms in total. The minimum atomic E-state index is 0.902. The van der Waals surface area contributed by atoms with Crippen LogP contribution in [0.5, 0.6) is 0 Å². The van der Waals surface area contributed by atoms with Crippen molar-refractivity contribution in [3.8, 4) is 0 Å². The van der Waals surface area contributed by atoms with Crippen molar-refractivity contribution >= 4 is 0 Å². The van der Waals surface area contributed by atoms with Gasteiger partial charge in [0.2, 0.25) is 0 Å². The maximum Gasteiger partial charge on any atom is -0.00205 e. The molecular formula is C13H30N2. The van der Waals surface area contributed by atoms with Gasteiger partial charge in [-0.1, -0.05) is 33.6 Å². The molecule has 0 spiro atoms. The van der Waals surface area contributed by atoms with Crippen LogP contribution in [0.4, 0.5) is 0 Å². The van der Waals surface area contributed by atoms with Gasteiger partial charge in [-0.2, -0.15) is 0 Å². The normalized spacial score (nSPS) is 11.2. The lowest BCUT2D eigenvalue weighted by molar-refractivity contribution is 0.408. The van der Waals surface area contributed by atoms with Crippen LogP contribution in [-0.4, -0.2) is 26.2 Å². The molecule has 0 bridgehead atoms. The first-order valence-corrected chi connectivity index (χ1v) is 6.76. The van der Waals surface area contributed by atoms with E-state index in [1.54, 1.807) is 0 Å². The number of hydrogen-bond donors (Lipinski definition) is 2. The van der Waals surface area contributed by atoms with E-state index in [-0.39, 0.29) is 0 Å². The summed E-state index contributed by atoms with van der Waals surface area (Å²) in [4.78, 5) is 0. The quantitative estimate of drug-likeness (QED) is 0.517. The Balaban J connectivity index is 3.28. The Hall–Kier alpha value is -0.0800. The Labute approximate surface area is 96.2 Å². The van der Waals surface area contributed by atoms with E-state index in [9.17, 15) is 0 Å². The highest BCUT2D eigenvalue weighted by atomic mass is 14.9. The molecule has 0 radical (unpaired) electrons. The molecule has 0 aliphatic rings. The van der Waals surface area contributed by atoms with Gasteiger partial charge in [-0.25, -0.2) is 0 Å². The second kappa shape index (κ2) is 12.0. The van der Waals surface area contributed by atoms with Crippen LogP contribution in [0.1, 0.15) is 52.9 Å². The summed E-state index contributed by atoms with van der Waals surface area (Å²) >= 11 is 0. The first kappa shape index (κ1) is 14.9. The minimum Gasteiger partial charge on any atom is -0.317 e. The van der Waals surface area contributed by atoms with Crippen molar-refractivity contribution in [3.05, 3.63) is 0 Å². The minimum absolute atomic E-state index is 0.902. The summed E-state index contributed by atoms with van der Waals surface area (Å²) in [6.45, 7) is 11.3. The van der Waals surface area contributed by atoms with Crippen molar-refractivity contribution in [1.82, 2.24) is 10.6 Å². The molecule has 2 N–H and O–H groups in total. The van der Waals surface area contributed by atoms with Crippen molar-refractivity contribution in [1.29, 1.82) is 0 Å². The highest BCUT2D eigenvalue weighted by molar-refractivity contribution is 4.62. The molecule has 0 unspecified atom stereocenters. The number of hydrogen-bond acceptors (Lipinski definition) is 2. The lowest BCUT2D eigenvalue weighted by Gasteiger charge is -2.15. The fourth-order valence-electron chi connectivity index (χ4n) is 1.99. The lowest BCUT2D eigenvalue weighted by atomic mass is 9.98. The molecule has 15 heavy (non-hydrogen) atoms. The maximum atomic E-state index is 3.57. The molecule has 0 aliphatic heterocycles. The molecule has 0 aromatic carbocycles. The third kappa shape index (κ3) is 10.2. The van der Waals surface area contributed by atoms with Crippen LogP contribution in [0.15, 0.2) is 0 Å². The van der Waals surface area contributed by atoms with E-state index >= 15 is 0 Å². The molecule has 0 aliphatic carbocycles. The molecule has 0 aromatic heterocycles. The zero-order chi connectivity index (χ0) is 11.4. The summed E-state index contributed by atoms with van der Waals surface area (Å²) < 4.78 is 0. The summed E-state index contributed by atoms with van der Waals surface area (Å²) in [7, 11) is 0. The highest BCUT2D eigenvalue weighted by Gasteiger charge is 2.05. The summed E-state index contributed by atoms with van der Waals surface area (Å²) in [5.41, 5.74) is 0. The fourth-order valence-corrected chi connectivity index (χ4v) is 1.99. The van der Waals surface area contributed by atoms with Crippen molar-refractivity contribution in [3.63, 3.8) is 0 Å². The molecule has 0 saturated heterocycles. The van der Waals surface area contributed by atoms with Crippen LogP contribution >= 0.6 is 0 Å². The SMILES string of the molecule is CCCC(CCC)CNCCCNCC. The number of nitrogens with one attached hydrogen (secondary N) is 2. The Morgan fingerprint density at radius 2 is 1.47 bits per heavy atom. The molecule has 2 heteroatoms. The van der Waals surface area contributed by atoms with E-state index in [0.29, 0.717) is 0 Å². The van der Waals surface area contributed by atoms with Gasteiger partial charge in [-0.15, -0.1) is 0 Å². The summed E-state index contributed by atoms with van der Waals surface area (Å²) in [6.07, 6.45) is 6.66. The standard InChI is InChI=1S/C13H30N2/c1-4-8-13(9-5-2)12-15-11-7-10-14-6-3/h13-15H,4-12H2,1-3H3. The monoisotopic (exact) mass is 214 g/mol. The van der Waals surface area contributed by atoms with E-state index in [0.717, 1.165) is 25.6 Å². The van der Waals surface area contributed by atoms with Gasteiger partial charge in [0.15, 0.2) is 0 Å². The summed E-state index contributed by atoms with van der Waals surface area (Å²) in [5.74, 6) is 0.902. The summed E-state index contributed by atoms with van der Waals surface area (Å²) in [6, 6.07) is 0. The Morgan fingerprint density at radius 3 is 2.00 bits per heavy atom. The third-order valence-electron chi connectivity index (χ3n) is 2.78. The Bertz CT molecular complexity index is 109. The molecule has 0 saturated carbocycles. The highest BCUT2D eigenvalue weighted by Crippen LogP contribution is 2.11. The van der Waals surface area contributed by atoms with E-state index in [1.807, 2.05) is 0 Å². The van der Waals surface area contributed by atoms with Crippen LogP contribution in [0, 0.1) is 5.92 Å².